The van der Waals surface area contributed by atoms with Crippen molar-refractivity contribution in [1.82, 2.24) is 10.2 Å². The van der Waals surface area contributed by atoms with Crippen molar-refractivity contribution in [3.8, 4) is 18.4 Å². The summed E-state index contributed by atoms with van der Waals surface area (Å²) in [4.78, 5) is 2.41. The maximum Gasteiger partial charge on any atom is 0.124 e. The minimum absolute atomic E-state index is 0.372. The van der Waals surface area contributed by atoms with Gasteiger partial charge >= 0.3 is 0 Å². The molecule has 14 heavy (non-hydrogen) atoms. The molecule has 3 heteroatoms. The average molecular weight is 189 g/mol. The van der Waals surface area contributed by atoms with E-state index in [0.717, 1.165) is 25.9 Å². The summed E-state index contributed by atoms with van der Waals surface area (Å²) in [6.07, 6.45) is 8.48. The molecule has 0 aromatic rings. The molecule has 0 spiro atoms. The first kappa shape index (κ1) is 9.52. The van der Waals surface area contributed by atoms with Crippen LogP contribution in [0, 0.1) is 23.7 Å². The second kappa shape index (κ2) is 3.61. The molecule has 1 N–H and O–H groups in total. The van der Waals surface area contributed by atoms with Gasteiger partial charge in [0.25, 0.3) is 0 Å². The summed E-state index contributed by atoms with van der Waals surface area (Å²) in [6.45, 7) is 2.68. The van der Waals surface area contributed by atoms with Crippen LogP contribution in [0.3, 0.4) is 0 Å². The number of nitrogens with one attached hydrogen (secondary N) is 1. The molecule has 2 saturated heterocycles. The van der Waals surface area contributed by atoms with Crippen LogP contribution in [-0.2, 0) is 0 Å². The predicted octanol–water partition coefficient (Wildman–Crippen LogP) is 0.340. The van der Waals surface area contributed by atoms with E-state index in [9.17, 15) is 5.26 Å². The average Bonchev–Trinajstić information content (AvgIpc) is 2.77. The first-order valence-corrected chi connectivity index (χ1v) is 5.16. The second-order valence-electron chi connectivity index (χ2n) is 4.08. The molecular weight excluding hydrogens is 174 g/mol. The lowest BCUT2D eigenvalue weighted by Gasteiger charge is -2.28. The Kier molecular flexibility index (Phi) is 2.46. The van der Waals surface area contributed by atoms with E-state index in [-0.39, 0.29) is 5.54 Å². The zero-order valence-corrected chi connectivity index (χ0v) is 8.29. The summed E-state index contributed by atoms with van der Waals surface area (Å²) < 4.78 is 0. The van der Waals surface area contributed by atoms with Crippen molar-refractivity contribution in [3.63, 3.8) is 0 Å². The fourth-order valence-corrected chi connectivity index (χ4v) is 2.72. The Morgan fingerprint density at radius 1 is 1.57 bits per heavy atom. The Morgan fingerprint density at radius 2 is 2.43 bits per heavy atom. The number of hydrogen-bond donors (Lipinski definition) is 1. The number of fused-ring (bicyclic) bond motifs is 1. The smallest absolute Gasteiger partial charge is 0.124 e. The van der Waals surface area contributed by atoms with Crippen LogP contribution in [0.25, 0.3) is 0 Å². The van der Waals surface area contributed by atoms with E-state index < -0.39 is 0 Å². The second-order valence-corrected chi connectivity index (χ2v) is 4.08. The van der Waals surface area contributed by atoms with Crippen LogP contribution < -0.4 is 5.32 Å². The normalized spacial score (nSPS) is 36.3. The summed E-state index contributed by atoms with van der Waals surface area (Å²) in [7, 11) is 0. The van der Waals surface area contributed by atoms with E-state index >= 15 is 0 Å². The van der Waals surface area contributed by atoms with Crippen LogP contribution in [0.1, 0.15) is 19.3 Å². The van der Waals surface area contributed by atoms with Crippen LogP contribution in [-0.4, -0.2) is 36.1 Å². The summed E-state index contributed by atoms with van der Waals surface area (Å²) >= 11 is 0. The van der Waals surface area contributed by atoms with Crippen molar-refractivity contribution in [3.05, 3.63) is 0 Å². The molecule has 2 atom stereocenters. The maximum atomic E-state index is 9.28. The van der Waals surface area contributed by atoms with Crippen LogP contribution in [0.2, 0.25) is 0 Å². The molecule has 0 radical (unpaired) electrons. The van der Waals surface area contributed by atoms with Crippen molar-refractivity contribution < 1.29 is 0 Å². The van der Waals surface area contributed by atoms with Crippen LogP contribution in [0.5, 0.6) is 0 Å². The Balaban J connectivity index is 2.13. The zero-order valence-electron chi connectivity index (χ0n) is 8.29. The molecule has 3 nitrogen and oxygen atoms in total. The highest BCUT2D eigenvalue weighted by Crippen LogP contribution is 2.35. The molecular formula is C11H15N3. The Hall–Kier alpha value is -1.03. The fraction of sp³-hybridized carbons (Fsp3) is 0.727. The first-order chi connectivity index (χ1) is 6.82. The first-order valence-electron chi connectivity index (χ1n) is 5.16. The van der Waals surface area contributed by atoms with Gasteiger partial charge in [0, 0.05) is 12.6 Å². The van der Waals surface area contributed by atoms with Gasteiger partial charge in [-0.05, 0) is 25.8 Å². The standard InChI is InChI=1S/C11H15N3/c1-2-6-13-11(9-12)5-8-14-7-3-4-10(11)14/h1,10,13H,3-8H2. The molecule has 2 unspecified atom stereocenters. The highest BCUT2D eigenvalue weighted by atomic mass is 15.3. The van der Waals surface area contributed by atoms with Crippen molar-refractivity contribution >= 4 is 0 Å². The lowest BCUT2D eigenvalue weighted by Crippen LogP contribution is -2.52. The lowest BCUT2D eigenvalue weighted by atomic mass is 9.90. The number of nitrogens with zero attached hydrogens (tertiary/aromatic N) is 2. The fourth-order valence-electron chi connectivity index (χ4n) is 2.72. The van der Waals surface area contributed by atoms with Gasteiger partial charge in [0.2, 0.25) is 0 Å². The number of terminal acetylenes is 1. The quantitative estimate of drug-likeness (QED) is 0.637. The molecule has 2 rings (SSSR count). The Morgan fingerprint density at radius 3 is 3.14 bits per heavy atom. The zero-order chi connectivity index (χ0) is 10.0. The molecule has 0 aromatic carbocycles. The van der Waals surface area contributed by atoms with E-state index in [1.807, 2.05) is 0 Å². The number of rotatable bonds is 2. The molecule has 0 amide bonds. The van der Waals surface area contributed by atoms with Crippen LogP contribution in [0.15, 0.2) is 0 Å². The van der Waals surface area contributed by atoms with Crippen molar-refractivity contribution in [2.75, 3.05) is 19.6 Å². The molecule has 74 valence electrons. The molecule has 2 aliphatic rings. The summed E-state index contributed by atoms with van der Waals surface area (Å²) in [5.74, 6) is 2.55. The van der Waals surface area contributed by atoms with E-state index in [2.05, 4.69) is 22.2 Å². The SMILES string of the molecule is C#CCNC1(C#N)CCN2CCCC21. The van der Waals surface area contributed by atoms with Gasteiger partial charge in [0.1, 0.15) is 5.54 Å². The highest BCUT2D eigenvalue weighted by Gasteiger charge is 2.49. The third kappa shape index (κ3) is 1.30. The summed E-state index contributed by atoms with van der Waals surface area (Å²) in [6, 6.07) is 2.82. The Bertz CT molecular complexity index is 299. The van der Waals surface area contributed by atoms with Gasteiger partial charge < -0.3 is 0 Å². The van der Waals surface area contributed by atoms with Gasteiger partial charge in [-0.2, -0.15) is 5.26 Å². The monoisotopic (exact) mass is 189 g/mol. The highest BCUT2D eigenvalue weighted by molar-refractivity contribution is 5.20. The van der Waals surface area contributed by atoms with Gasteiger partial charge in [-0.15, -0.1) is 6.42 Å². The van der Waals surface area contributed by atoms with E-state index in [0.29, 0.717) is 12.6 Å². The van der Waals surface area contributed by atoms with Gasteiger partial charge in [-0.1, -0.05) is 5.92 Å². The van der Waals surface area contributed by atoms with Crippen LogP contribution >= 0.6 is 0 Å². The molecule has 0 saturated carbocycles. The van der Waals surface area contributed by atoms with Gasteiger partial charge in [0.05, 0.1) is 12.6 Å². The van der Waals surface area contributed by atoms with Crippen molar-refractivity contribution in [2.45, 2.75) is 30.8 Å². The van der Waals surface area contributed by atoms with E-state index in [4.69, 9.17) is 6.42 Å². The van der Waals surface area contributed by atoms with E-state index in [1.54, 1.807) is 0 Å². The predicted molar refractivity (Wildman–Crippen MR) is 54.4 cm³/mol. The van der Waals surface area contributed by atoms with Crippen molar-refractivity contribution in [2.24, 2.45) is 0 Å². The molecule has 0 aromatic heterocycles. The van der Waals surface area contributed by atoms with Gasteiger partial charge in [-0.25, -0.2) is 0 Å². The number of nitriles is 1. The molecule has 2 aliphatic heterocycles. The Labute approximate surface area is 85.1 Å². The minimum atomic E-state index is -0.372. The third-order valence-corrected chi connectivity index (χ3v) is 3.43. The van der Waals surface area contributed by atoms with Crippen molar-refractivity contribution in [1.29, 1.82) is 5.26 Å². The minimum Gasteiger partial charge on any atom is -0.297 e. The number of hydrogen-bond acceptors (Lipinski definition) is 3. The van der Waals surface area contributed by atoms with Gasteiger partial charge in [-0.3, -0.25) is 10.2 Å². The molecule has 2 heterocycles. The molecule has 0 aliphatic carbocycles. The topological polar surface area (TPSA) is 39.1 Å². The molecule has 0 bridgehead atoms. The lowest BCUT2D eigenvalue weighted by molar-refractivity contribution is 0.271. The van der Waals surface area contributed by atoms with Gasteiger partial charge in [0.15, 0.2) is 0 Å². The summed E-state index contributed by atoms with van der Waals surface area (Å²) in [5, 5.41) is 12.5. The largest absolute Gasteiger partial charge is 0.297 e. The molecule has 2 fully saturated rings. The van der Waals surface area contributed by atoms with Crippen LogP contribution in [0.4, 0.5) is 0 Å². The maximum absolute atomic E-state index is 9.28. The summed E-state index contributed by atoms with van der Waals surface area (Å²) in [5.41, 5.74) is -0.372. The van der Waals surface area contributed by atoms with E-state index in [1.165, 1.54) is 6.42 Å². The third-order valence-electron chi connectivity index (χ3n) is 3.43.